The first-order valence-corrected chi connectivity index (χ1v) is 9.55. The fourth-order valence-electron chi connectivity index (χ4n) is 3.17. The van der Waals surface area contributed by atoms with Gasteiger partial charge in [-0.15, -0.1) is 0 Å². The van der Waals surface area contributed by atoms with Crippen LogP contribution >= 0.6 is 11.6 Å². The Balaban J connectivity index is 1.93. The van der Waals surface area contributed by atoms with Crippen molar-refractivity contribution in [3.63, 3.8) is 0 Å². The van der Waals surface area contributed by atoms with Crippen molar-refractivity contribution in [2.75, 3.05) is 27.2 Å². The van der Waals surface area contributed by atoms with E-state index >= 15 is 0 Å². The standard InChI is InChI=1S/C21H24ClN3O3/c1-13-11-15(21-23-14(2)28-24-21)5-7-17(13)18-8-6-16(12-26)20(19(18)22)27-10-9-25(3)4/h5,7,11-12H,6,8-10H2,1-4H3. The summed E-state index contributed by atoms with van der Waals surface area (Å²) in [6.07, 6.45) is 2.14. The maximum atomic E-state index is 11.5. The summed E-state index contributed by atoms with van der Waals surface area (Å²) in [5, 5.41) is 4.48. The van der Waals surface area contributed by atoms with Crippen molar-refractivity contribution in [3.05, 3.63) is 51.6 Å². The zero-order valence-corrected chi connectivity index (χ0v) is 17.3. The highest BCUT2D eigenvalue weighted by Crippen LogP contribution is 2.39. The van der Waals surface area contributed by atoms with Crippen molar-refractivity contribution in [2.24, 2.45) is 0 Å². The largest absolute Gasteiger partial charge is 0.490 e. The Morgan fingerprint density at radius 3 is 2.68 bits per heavy atom. The molecule has 0 spiro atoms. The molecule has 3 rings (SSSR count). The van der Waals surface area contributed by atoms with E-state index in [0.717, 1.165) is 35.1 Å². The molecule has 0 amide bonds. The lowest BCUT2D eigenvalue weighted by molar-refractivity contribution is -0.105. The first kappa shape index (κ1) is 20.3. The van der Waals surface area contributed by atoms with Crippen LogP contribution in [0.1, 0.15) is 29.9 Å². The summed E-state index contributed by atoms with van der Waals surface area (Å²) in [4.78, 5) is 17.8. The van der Waals surface area contributed by atoms with E-state index in [0.29, 0.717) is 47.5 Å². The van der Waals surface area contributed by atoms with Gasteiger partial charge in [0.25, 0.3) is 0 Å². The smallest absolute Gasteiger partial charge is 0.223 e. The van der Waals surface area contributed by atoms with Gasteiger partial charge in [-0.2, -0.15) is 4.98 Å². The molecule has 0 saturated carbocycles. The zero-order chi connectivity index (χ0) is 20.3. The minimum Gasteiger partial charge on any atom is -0.490 e. The number of benzene rings is 1. The van der Waals surface area contributed by atoms with Gasteiger partial charge in [-0.05, 0) is 56.6 Å². The molecule has 0 saturated heterocycles. The van der Waals surface area contributed by atoms with Gasteiger partial charge in [0.1, 0.15) is 18.7 Å². The second-order valence-electron chi connectivity index (χ2n) is 7.08. The van der Waals surface area contributed by atoms with Gasteiger partial charge in [-0.3, -0.25) is 4.79 Å². The molecule has 1 heterocycles. The molecule has 1 aliphatic rings. The molecular formula is C21H24ClN3O3. The fourth-order valence-corrected chi connectivity index (χ4v) is 3.54. The average molecular weight is 402 g/mol. The molecule has 1 aromatic carbocycles. The fraction of sp³-hybridized carbons (Fsp3) is 0.381. The van der Waals surface area contributed by atoms with E-state index in [1.165, 1.54) is 0 Å². The highest BCUT2D eigenvalue weighted by atomic mass is 35.5. The molecule has 0 N–H and O–H groups in total. The number of rotatable bonds is 7. The predicted molar refractivity (Wildman–Crippen MR) is 109 cm³/mol. The van der Waals surface area contributed by atoms with Crippen LogP contribution in [0.25, 0.3) is 17.0 Å². The number of carbonyl (C=O) groups is 1. The van der Waals surface area contributed by atoms with E-state index in [1.807, 2.05) is 44.1 Å². The number of nitrogens with zero attached hydrogens (tertiary/aromatic N) is 3. The summed E-state index contributed by atoms with van der Waals surface area (Å²) < 4.78 is 10.9. The number of hydrogen-bond donors (Lipinski definition) is 0. The highest BCUT2D eigenvalue weighted by Gasteiger charge is 2.24. The van der Waals surface area contributed by atoms with Gasteiger partial charge in [0.05, 0.1) is 5.03 Å². The van der Waals surface area contributed by atoms with E-state index in [1.54, 1.807) is 6.92 Å². The molecule has 1 aliphatic carbocycles. The Kier molecular flexibility index (Phi) is 6.31. The first-order valence-electron chi connectivity index (χ1n) is 9.17. The number of hydrogen-bond acceptors (Lipinski definition) is 6. The van der Waals surface area contributed by atoms with E-state index < -0.39 is 0 Å². The summed E-state index contributed by atoms with van der Waals surface area (Å²) in [7, 11) is 3.94. The van der Waals surface area contributed by atoms with Gasteiger partial charge in [-0.25, -0.2) is 0 Å². The number of aldehydes is 1. The van der Waals surface area contributed by atoms with Crippen LogP contribution < -0.4 is 0 Å². The van der Waals surface area contributed by atoms with Crippen LogP contribution in [0.4, 0.5) is 0 Å². The van der Waals surface area contributed by atoms with Crippen molar-refractivity contribution in [1.82, 2.24) is 15.0 Å². The molecule has 148 valence electrons. The summed E-state index contributed by atoms with van der Waals surface area (Å²) in [6, 6.07) is 5.98. The van der Waals surface area contributed by atoms with Crippen LogP contribution in [-0.2, 0) is 9.53 Å². The monoisotopic (exact) mass is 401 g/mol. The Morgan fingerprint density at radius 1 is 1.29 bits per heavy atom. The van der Waals surface area contributed by atoms with Crippen LogP contribution in [0.5, 0.6) is 0 Å². The van der Waals surface area contributed by atoms with Crippen molar-refractivity contribution in [1.29, 1.82) is 0 Å². The quantitative estimate of drug-likeness (QED) is 0.650. The number of carbonyl (C=O) groups excluding carboxylic acids is 1. The topological polar surface area (TPSA) is 68.5 Å². The lowest BCUT2D eigenvalue weighted by Crippen LogP contribution is -2.19. The summed E-state index contributed by atoms with van der Waals surface area (Å²) in [6.45, 7) is 5.00. The van der Waals surface area contributed by atoms with Gasteiger partial charge < -0.3 is 14.2 Å². The normalized spacial score (nSPS) is 14.8. The number of ether oxygens (including phenoxy) is 1. The molecule has 0 bridgehead atoms. The average Bonchev–Trinajstić information content (AvgIpc) is 3.09. The molecule has 0 aliphatic heterocycles. The molecule has 0 fully saturated rings. The zero-order valence-electron chi connectivity index (χ0n) is 16.6. The van der Waals surface area contributed by atoms with Crippen LogP contribution in [-0.4, -0.2) is 48.6 Å². The van der Waals surface area contributed by atoms with Gasteiger partial charge in [0, 0.05) is 24.6 Å². The highest BCUT2D eigenvalue weighted by molar-refractivity contribution is 6.35. The van der Waals surface area contributed by atoms with E-state index in [4.69, 9.17) is 20.9 Å². The third-order valence-corrected chi connectivity index (χ3v) is 5.06. The predicted octanol–water partition coefficient (Wildman–Crippen LogP) is 4.13. The molecule has 1 aromatic heterocycles. The number of aryl methyl sites for hydroxylation is 2. The number of allylic oxidation sites excluding steroid dienone is 3. The van der Waals surface area contributed by atoms with Crippen molar-refractivity contribution in [3.8, 4) is 11.4 Å². The van der Waals surface area contributed by atoms with E-state index in [-0.39, 0.29) is 0 Å². The van der Waals surface area contributed by atoms with Crippen molar-refractivity contribution < 1.29 is 14.1 Å². The van der Waals surface area contributed by atoms with Crippen molar-refractivity contribution >= 4 is 23.5 Å². The lowest BCUT2D eigenvalue weighted by atomic mass is 9.89. The Labute approximate surface area is 169 Å². The van der Waals surface area contributed by atoms with Gasteiger partial charge >= 0.3 is 0 Å². The Morgan fingerprint density at radius 2 is 2.07 bits per heavy atom. The maximum Gasteiger partial charge on any atom is 0.223 e. The minimum absolute atomic E-state index is 0.471. The molecule has 7 heteroatoms. The van der Waals surface area contributed by atoms with Crippen LogP contribution in [0, 0.1) is 13.8 Å². The Hall–Kier alpha value is -2.44. The van der Waals surface area contributed by atoms with Crippen LogP contribution in [0.15, 0.2) is 39.1 Å². The maximum absolute atomic E-state index is 11.5. The second kappa shape index (κ2) is 8.71. The van der Waals surface area contributed by atoms with Gasteiger partial charge in [0.15, 0.2) is 0 Å². The Bertz CT molecular complexity index is 944. The number of likely N-dealkylation sites (N-methyl/N-ethyl adjacent to an activating group) is 1. The molecule has 6 nitrogen and oxygen atoms in total. The molecule has 28 heavy (non-hydrogen) atoms. The molecule has 0 atom stereocenters. The molecular weight excluding hydrogens is 378 g/mol. The molecule has 2 aromatic rings. The number of halogens is 1. The summed E-state index contributed by atoms with van der Waals surface area (Å²) in [5.41, 5.74) is 4.57. The van der Waals surface area contributed by atoms with Gasteiger partial charge in [0.2, 0.25) is 11.7 Å². The van der Waals surface area contributed by atoms with E-state index in [2.05, 4.69) is 10.1 Å². The SMILES string of the molecule is Cc1nc(-c2ccc(C3=C(Cl)C(OCCN(C)C)=C(C=O)CC3)c(C)c2)no1. The lowest BCUT2D eigenvalue weighted by Gasteiger charge is -2.23. The second-order valence-corrected chi connectivity index (χ2v) is 7.46. The van der Waals surface area contributed by atoms with Crippen LogP contribution in [0.2, 0.25) is 0 Å². The summed E-state index contributed by atoms with van der Waals surface area (Å²) >= 11 is 6.69. The van der Waals surface area contributed by atoms with Crippen molar-refractivity contribution in [2.45, 2.75) is 26.7 Å². The van der Waals surface area contributed by atoms with Gasteiger partial charge in [-0.1, -0.05) is 28.9 Å². The molecule has 0 radical (unpaired) electrons. The summed E-state index contributed by atoms with van der Waals surface area (Å²) in [5.74, 6) is 1.59. The first-order chi connectivity index (χ1) is 13.4. The third kappa shape index (κ3) is 4.34. The minimum atomic E-state index is 0.471. The van der Waals surface area contributed by atoms with Crippen LogP contribution in [0.3, 0.4) is 0 Å². The molecule has 0 unspecified atom stereocenters. The third-order valence-electron chi connectivity index (χ3n) is 4.66. The van der Waals surface area contributed by atoms with E-state index in [9.17, 15) is 4.79 Å². The number of aromatic nitrogens is 2.